The van der Waals surface area contributed by atoms with Gasteiger partial charge in [-0.1, -0.05) is 0 Å². The van der Waals surface area contributed by atoms with Crippen LogP contribution in [0.1, 0.15) is 26.5 Å². The Hall–Kier alpha value is -2.74. The van der Waals surface area contributed by atoms with Gasteiger partial charge in [0.05, 0.1) is 17.4 Å². The van der Waals surface area contributed by atoms with E-state index in [-0.39, 0.29) is 11.1 Å². The SMILES string of the molecule is Cc1nn(C(=O)OC(C)(C)C)c2cc(N(C)c3nc(Cl)ncc3F)ccc12. The normalized spacial score (nSPS) is 11.7. The van der Waals surface area contributed by atoms with E-state index in [1.54, 1.807) is 46.9 Å². The number of rotatable bonds is 2. The van der Waals surface area contributed by atoms with Crippen molar-refractivity contribution in [3.05, 3.63) is 41.2 Å². The molecule has 0 radical (unpaired) electrons. The second-order valence-electron chi connectivity index (χ2n) is 7.05. The molecule has 0 fully saturated rings. The van der Waals surface area contributed by atoms with E-state index in [9.17, 15) is 9.18 Å². The summed E-state index contributed by atoms with van der Waals surface area (Å²) in [6.45, 7) is 7.15. The molecular weight excluding hydrogens is 373 g/mol. The molecule has 0 aliphatic heterocycles. The van der Waals surface area contributed by atoms with Crippen LogP contribution >= 0.6 is 11.6 Å². The Morgan fingerprint density at radius 2 is 2.04 bits per heavy atom. The minimum atomic E-state index is -0.654. The minimum Gasteiger partial charge on any atom is -0.442 e. The highest BCUT2D eigenvalue weighted by Gasteiger charge is 2.22. The van der Waals surface area contributed by atoms with Crippen LogP contribution in [-0.4, -0.2) is 38.5 Å². The van der Waals surface area contributed by atoms with Gasteiger partial charge in [0, 0.05) is 18.1 Å². The smallest absolute Gasteiger partial charge is 0.435 e. The third-order valence-electron chi connectivity index (χ3n) is 3.82. The maximum absolute atomic E-state index is 14.1. The largest absolute Gasteiger partial charge is 0.442 e. The van der Waals surface area contributed by atoms with E-state index in [1.165, 1.54) is 9.58 Å². The first-order valence-corrected chi connectivity index (χ1v) is 8.59. The van der Waals surface area contributed by atoms with Gasteiger partial charge < -0.3 is 9.64 Å². The van der Waals surface area contributed by atoms with Gasteiger partial charge in [0.25, 0.3) is 0 Å². The van der Waals surface area contributed by atoms with E-state index in [1.807, 2.05) is 6.07 Å². The number of hydrogen-bond donors (Lipinski definition) is 0. The number of aryl methyl sites for hydroxylation is 1. The highest BCUT2D eigenvalue weighted by molar-refractivity contribution is 6.28. The van der Waals surface area contributed by atoms with Crippen LogP contribution in [0.3, 0.4) is 0 Å². The summed E-state index contributed by atoms with van der Waals surface area (Å²) >= 11 is 5.78. The number of fused-ring (bicyclic) bond motifs is 1. The monoisotopic (exact) mass is 391 g/mol. The van der Waals surface area contributed by atoms with E-state index in [0.717, 1.165) is 11.6 Å². The highest BCUT2D eigenvalue weighted by Crippen LogP contribution is 2.29. The van der Waals surface area contributed by atoms with Gasteiger partial charge in [-0.3, -0.25) is 0 Å². The lowest BCUT2D eigenvalue weighted by molar-refractivity contribution is 0.0522. The average Bonchev–Trinajstić information content (AvgIpc) is 2.91. The third-order valence-corrected chi connectivity index (χ3v) is 4.00. The first-order chi connectivity index (χ1) is 12.6. The van der Waals surface area contributed by atoms with Gasteiger partial charge in [-0.15, -0.1) is 0 Å². The zero-order chi connectivity index (χ0) is 19.9. The van der Waals surface area contributed by atoms with Crippen LogP contribution in [0, 0.1) is 12.7 Å². The van der Waals surface area contributed by atoms with Crippen molar-refractivity contribution in [3.8, 4) is 0 Å². The maximum atomic E-state index is 14.1. The van der Waals surface area contributed by atoms with Gasteiger partial charge in [-0.25, -0.2) is 14.2 Å². The summed E-state index contributed by atoms with van der Waals surface area (Å²) < 4.78 is 20.7. The zero-order valence-electron chi connectivity index (χ0n) is 15.6. The molecule has 0 aliphatic carbocycles. The lowest BCUT2D eigenvalue weighted by Crippen LogP contribution is -2.27. The molecule has 0 spiro atoms. The quantitative estimate of drug-likeness (QED) is 0.600. The lowest BCUT2D eigenvalue weighted by atomic mass is 10.2. The number of carbonyl (C=O) groups is 1. The number of benzene rings is 1. The van der Waals surface area contributed by atoms with E-state index in [4.69, 9.17) is 16.3 Å². The molecule has 0 amide bonds. The topological polar surface area (TPSA) is 73.1 Å². The highest BCUT2D eigenvalue weighted by atomic mass is 35.5. The molecular formula is C18H19ClFN5O2. The Morgan fingerprint density at radius 1 is 1.33 bits per heavy atom. The van der Waals surface area contributed by atoms with Gasteiger partial charge in [0.15, 0.2) is 11.6 Å². The van der Waals surface area contributed by atoms with Crippen molar-refractivity contribution in [1.29, 1.82) is 0 Å². The fraction of sp³-hybridized carbons (Fsp3) is 0.333. The molecule has 1 aromatic carbocycles. The molecule has 2 heterocycles. The number of anilines is 2. The van der Waals surface area contributed by atoms with Crippen LogP contribution in [0.25, 0.3) is 10.9 Å². The van der Waals surface area contributed by atoms with E-state index < -0.39 is 17.5 Å². The van der Waals surface area contributed by atoms with Crippen molar-refractivity contribution < 1.29 is 13.9 Å². The van der Waals surface area contributed by atoms with Gasteiger partial charge in [0.1, 0.15) is 5.60 Å². The van der Waals surface area contributed by atoms with Gasteiger partial charge in [0.2, 0.25) is 5.28 Å². The molecule has 0 unspecified atom stereocenters. The van der Waals surface area contributed by atoms with Gasteiger partial charge in [-0.2, -0.15) is 14.8 Å². The van der Waals surface area contributed by atoms with Crippen LogP contribution in [-0.2, 0) is 4.74 Å². The zero-order valence-corrected chi connectivity index (χ0v) is 16.4. The van der Waals surface area contributed by atoms with Crippen LogP contribution in [0.5, 0.6) is 0 Å². The molecule has 0 atom stereocenters. The number of aromatic nitrogens is 4. The summed E-state index contributed by atoms with van der Waals surface area (Å²) in [6.07, 6.45) is 0.422. The Bertz CT molecular complexity index is 1030. The van der Waals surface area contributed by atoms with Crippen molar-refractivity contribution in [2.24, 2.45) is 0 Å². The molecule has 142 valence electrons. The molecule has 2 aromatic heterocycles. The summed E-state index contributed by atoms with van der Waals surface area (Å²) in [7, 11) is 1.64. The van der Waals surface area contributed by atoms with Crippen molar-refractivity contribution >= 4 is 40.1 Å². The number of hydrogen-bond acceptors (Lipinski definition) is 6. The Labute approximate surface area is 160 Å². The Balaban J connectivity index is 2.07. The Morgan fingerprint density at radius 3 is 2.70 bits per heavy atom. The molecule has 0 aliphatic rings. The van der Waals surface area contributed by atoms with Crippen molar-refractivity contribution in [1.82, 2.24) is 19.7 Å². The molecule has 0 bridgehead atoms. The predicted octanol–water partition coefficient (Wildman–Crippen LogP) is 4.48. The average molecular weight is 392 g/mol. The summed E-state index contributed by atoms with van der Waals surface area (Å²) in [5, 5.41) is 5.01. The first kappa shape index (κ1) is 19.0. The Kier molecular flexibility index (Phi) is 4.77. The van der Waals surface area contributed by atoms with Gasteiger partial charge >= 0.3 is 6.09 Å². The molecule has 3 rings (SSSR count). The molecule has 0 saturated heterocycles. The van der Waals surface area contributed by atoms with E-state index in [0.29, 0.717) is 16.9 Å². The maximum Gasteiger partial charge on any atom is 0.435 e. The first-order valence-electron chi connectivity index (χ1n) is 8.21. The number of ether oxygens (including phenoxy) is 1. The van der Waals surface area contributed by atoms with E-state index in [2.05, 4.69) is 15.1 Å². The number of carbonyl (C=O) groups excluding carboxylic acids is 1. The molecule has 0 saturated carbocycles. The predicted molar refractivity (Wildman–Crippen MR) is 101 cm³/mol. The van der Waals surface area contributed by atoms with Crippen molar-refractivity contribution in [2.75, 3.05) is 11.9 Å². The van der Waals surface area contributed by atoms with Crippen molar-refractivity contribution in [3.63, 3.8) is 0 Å². The fourth-order valence-corrected chi connectivity index (χ4v) is 2.74. The standard InChI is InChI=1S/C18H19ClFN5O2/c1-10-12-7-6-11(24(5)15-13(20)9-21-16(19)22-15)8-14(12)25(23-10)17(26)27-18(2,3)4/h6-9H,1-5H3. The molecule has 7 nitrogen and oxygen atoms in total. The van der Waals surface area contributed by atoms with Gasteiger partial charge in [-0.05, 0) is 57.5 Å². The fourth-order valence-electron chi connectivity index (χ4n) is 2.61. The lowest BCUT2D eigenvalue weighted by Gasteiger charge is -2.20. The third kappa shape index (κ3) is 3.85. The van der Waals surface area contributed by atoms with E-state index >= 15 is 0 Å². The van der Waals surface area contributed by atoms with Crippen molar-refractivity contribution in [2.45, 2.75) is 33.3 Å². The summed E-state index contributed by atoms with van der Waals surface area (Å²) in [5.41, 5.74) is 1.17. The molecule has 27 heavy (non-hydrogen) atoms. The second-order valence-corrected chi connectivity index (χ2v) is 7.39. The molecule has 3 aromatic rings. The molecule has 0 N–H and O–H groups in total. The number of nitrogens with zero attached hydrogens (tertiary/aromatic N) is 5. The summed E-state index contributed by atoms with van der Waals surface area (Å²) in [4.78, 5) is 21.6. The summed E-state index contributed by atoms with van der Waals surface area (Å²) in [6, 6.07) is 5.31. The number of halogens is 2. The minimum absolute atomic E-state index is 0.0226. The van der Waals surface area contributed by atoms with Crippen LogP contribution in [0.15, 0.2) is 24.4 Å². The summed E-state index contributed by atoms with van der Waals surface area (Å²) in [5.74, 6) is -0.590. The van der Waals surface area contributed by atoms with Crippen LogP contribution < -0.4 is 4.90 Å². The van der Waals surface area contributed by atoms with Crippen LogP contribution in [0.4, 0.5) is 20.7 Å². The van der Waals surface area contributed by atoms with Crippen LogP contribution in [0.2, 0.25) is 5.28 Å². The molecule has 9 heteroatoms. The second kappa shape index (κ2) is 6.77.